The van der Waals surface area contributed by atoms with E-state index in [1.165, 1.54) is 6.08 Å². The van der Waals surface area contributed by atoms with Gasteiger partial charge in [-0.05, 0) is 54.7 Å². The number of rotatable bonds is 8. The molecule has 0 bridgehead atoms. The van der Waals surface area contributed by atoms with E-state index in [2.05, 4.69) is 4.98 Å². The zero-order valence-electron chi connectivity index (χ0n) is 16.0. The van der Waals surface area contributed by atoms with Crippen molar-refractivity contribution in [2.75, 3.05) is 25.2 Å². The molecule has 0 N–H and O–H groups in total. The summed E-state index contributed by atoms with van der Waals surface area (Å²) in [5.74, 6) is 0.511. The number of carbonyl (C=O) groups is 2. The standard InChI is InChI=1S/C22H24N2O4/c1-27-20-14-18(15-23-16-20)4-3-13-28-22(26)11-8-17-6-9-19(10-7-17)24-12-2-5-21(24)25/h6-11,14-16H,2-5,12-13H2,1H3/b11-8+. The third kappa shape index (κ3) is 5.42. The Morgan fingerprint density at radius 3 is 2.79 bits per heavy atom. The Morgan fingerprint density at radius 2 is 2.07 bits per heavy atom. The zero-order valence-corrected chi connectivity index (χ0v) is 16.0. The van der Waals surface area contributed by atoms with E-state index in [-0.39, 0.29) is 11.9 Å². The quantitative estimate of drug-likeness (QED) is 0.399. The Morgan fingerprint density at radius 1 is 1.25 bits per heavy atom. The van der Waals surface area contributed by atoms with Gasteiger partial charge in [0.15, 0.2) is 0 Å². The molecule has 1 amide bonds. The molecular formula is C22H24N2O4. The average molecular weight is 380 g/mol. The van der Waals surface area contributed by atoms with E-state index in [1.807, 2.05) is 30.3 Å². The number of hydrogen-bond donors (Lipinski definition) is 0. The van der Waals surface area contributed by atoms with Gasteiger partial charge in [0.1, 0.15) is 5.75 Å². The monoisotopic (exact) mass is 380 g/mol. The van der Waals surface area contributed by atoms with Gasteiger partial charge in [0.05, 0.1) is 19.9 Å². The molecule has 0 saturated carbocycles. The first-order chi connectivity index (χ1) is 13.7. The summed E-state index contributed by atoms with van der Waals surface area (Å²) in [5, 5.41) is 0. The summed E-state index contributed by atoms with van der Waals surface area (Å²) in [6.07, 6.45) is 9.56. The minimum absolute atomic E-state index is 0.164. The first-order valence-electron chi connectivity index (χ1n) is 9.39. The fraction of sp³-hybridized carbons (Fsp3) is 0.318. The van der Waals surface area contributed by atoms with Crippen LogP contribution >= 0.6 is 0 Å². The largest absolute Gasteiger partial charge is 0.495 e. The minimum atomic E-state index is -0.373. The van der Waals surface area contributed by atoms with Gasteiger partial charge >= 0.3 is 5.97 Å². The second-order valence-electron chi connectivity index (χ2n) is 6.58. The maximum Gasteiger partial charge on any atom is 0.330 e. The lowest BCUT2D eigenvalue weighted by Crippen LogP contribution is -2.23. The Labute approximate surface area is 164 Å². The van der Waals surface area contributed by atoms with Crippen LogP contribution in [0.3, 0.4) is 0 Å². The number of aromatic nitrogens is 1. The van der Waals surface area contributed by atoms with E-state index in [1.54, 1.807) is 30.5 Å². The number of esters is 1. The summed E-state index contributed by atoms with van der Waals surface area (Å²) >= 11 is 0. The number of benzene rings is 1. The van der Waals surface area contributed by atoms with Gasteiger partial charge < -0.3 is 14.4 Å². The molecule has 6 nitrogen and oxygen atoms in total. The van der Waals surface area contributed by atoms with E-state index in [4.69, 9.17) is 9.47 Å². The van der Waals surface area contributed by atoms with Crippen LogP contribution in [-0.4, -0.2) is 37.1 Å². The fourth-order valence-electron chi connectivity index (χ4n) is 3.06. The van der Waals surface area contributed by atoms with Crippen LogP contribution in [0.15, 0.2) is 48.8 Å². The lowest BCUT2D eigenvalue weighted by atomic mass is 10.1. The number of nitrogens with zero attached hydrogens (tertiary/aromatic N) is 2. The van der Waals surface area contributed by atoms with Crippen molar-refractivity contribution in [3.8, 4) is 5.75 Å². The molecular weight excluding hydrogens is 356 g/mol. The number of pyridine rings is 1. The Kier molecular flexibility index (Phi) is 6.78. The number of aryl methyl sites for hydroxylation is 1. The Balaban J connectivity index is 1.41. The van der Waals surface area contributed by atoms with Crippen molar-refractivity contribution in [1.82, 2.24) is 4.98 Å². The molecule has 0 spiro atoms. The van der Waals surface area contributed by atoms with E-state index < -0.39 is 0 Å². The third-order valence-electron chi connectivity index (χ3n) is 4.55. The van der Waals surface area contributed by atoms with Crippen LogP contribution in [0.4, 0.5) is 5.69 Å². The first-order valence-corrected chi connectivity index (χ1v) is 9.39. The molecule has 3 rings (SSSR count). The van der Waals surface area contributed by atoms with Gasteiger partial charge in [-0.2, -0.15) is 0 Å². The van der Waals surface area contributed by atoms with Gasteiger partial charge in [-0.1, -0.05) is 12.1 Å². The van der Waals surface area contributed by atoms with Crippen LogP contribution in [0.25, 0.3) is 6.08 Å². The Hall–Kier alpha value is -3.15. The molecule has 1 aromatic heterocycles. The number of ether oxygens (including phenoxy) is 2. The predicted molar refractivity (Wildman–Crippen MR) is 107 cm³/mol. The van der Waals surface area contributed by atoms with E-state index in [0.29, 0.717) is 19.4 Å². The maximum atomic E-state index is 11.9. The molecule has 1 fully saturated rings. The summed E-state index contributed by atoms with van der Waals surface area (Å²) < 4.78 is 10.4. The van der Waals surface area contributed by atoms with Crippen molar-refractivity contribution >= 4 is 23.6 Å². The van der Waals surface area contributed by atoms with Gasteiger partial charge in [0, 0.05) is 30.9 Å². The highest BCUT2D eigenvalue weighted by Crippen LogP contribution is 2.21. The number of anilines is 1. The van der Waals surface area contributed by atoms with Crippen LogP contribution in [0, 0.1) is 0 Å². The lowest BCUT2D eigenvalue weighted by Gasteiger charge is -2.15. The van der Waals surface area contributed by atoms with Crippen molar-refractivity contribution in [3.63, 3.8) is 0 Å². The zero-order chi connectivity index (χ0) is 19.8. The van der Waals surface area contributed by atoms with E-state index >= 15 is 0 Å². The molecule has 0 unspecified atom stereocenters. The van der Waals surface area contributed by atoms with Gasteiger partial charge in [-0.15, -0.1) is 0 Å². The van der Waals surface area contributed by atoms with E-state index in [0.717, 1.165) is 42.0 Å². The SMILES string of the molecule is COc1cncc(CCCOC(=O)/C=C/c2ccc(N3CCCC3=O)cc2)c1. The number of hydrogen-bond acceptors (Lipinski definition) is 5. The second kappa shape index (κ2) is 9.69. The normalized spacial score (nSPS) is 13.9. The first kappa shape index (κ1) is 19.6. The predicted octanol–water partition coefficient (Wildman–Crippen LogP) is 3.41. The van der Waals surface area contributed by atoms with Crippen LogP contribution in [0.2, 0.25) is 0 Å². The highest BCUT2D eigenvalue weighted by molar-refractivity contribution is 5.95. The van der Waals surface area contributed by atoms with Crippen molar-refractivity contribution in [2.45, 2.75) is 25.7 Å². The van der Waals surface area contributed by atoms with Gasteiger partial charge in [0.2, 0.25) is 5.91 Å². The molecule has 1 aliphatic rings. The molecule has 146 valence electrons. The highest BCUT2D eigenvalue weighted by Gasteiger charge is 2.21. The summed E-state index contributed by atoms with van der Waals surface area (Å²) in [5.41, 5.74) is 2.83. The topological polar surface area (TPSA) is 68.7 Å². The van der Waals surface area contributed by atoms with Gasteiger partial charge in [-0.25, -0.2) is 4.79 Å². The minimum Gasteiger partial charge on any atom is -0.495 e. The molecule has 1 aromatic carbocycles. The van der Waals surface area contributed by atoms with Crippen molar-refractivity contribution < 1.29 is 19.1 Å². The third-order valence-corrected chi connectivity index (χ3v) is 4.55. The molecule has 2 aromatic rings. The summed E-state index contributed by atoms with van der Waals surface area (Å²) in [7, 11) is 1.61. The van der Waals surface area contributed by atoms with Crippen LogP contribution in [0.5, 0.6) is 5.75 Å². The van der Waals surface area contributed by atoms with Crippen LogP contribution in [0.1, 0.15) is 30.4 Å². The number of carbonyl (C=O) groups excluding carboxylic acids is 2. The van der Waals surface area contributed by atoms with Gasteiger partial charge in [-0.3, -0.25) is 9.78 Å². The van der Waals surface area contributed by atoms with Gasteiger partial charge in [0.25, 0.3) is 0 Å². The van der Waals surface area contributed by atoms with Crippen LogP contribution in [-0.2, 0) is 20.7 Å². The molecule has 0 aliphatic carbocycles. The van der Waals surface area contributed by atoms with Crippen LogP contribution < -0.4 is 9.64 Å². The highest BCUT2D eigenvalue weighted by atomic mass is 16.5. The maximum absolute atomic E-state index is 11.9. The molecule has 28 heavy (non-hydrogen) atoms. The summed E-state index contributed by atoms with van der Waals surface area (Å²) in [4.78, 5) is 29.5. The molecule has 2 heterocycles. The Bertz CT molecular complexity index is 846. The summed E-state index contributed by atoms with van der Waals surface area (Å²) in [6.45, 7) is 1.11. The molecule has 1 aliphatic heterocycles. The average Bonchev–Trinajstić information content (AvgIpc) is 3.16. The summed E-state index contributed by atoms with van der Waals surface area (Å²) in [6, 6.07) is 9.50. The van der Waals surface area contributed by atoms with Crippen molar-refractivity contribution in [2.24, 2.45) is 0 Å². The number of methoxy groups -OCH3 is 1. The molecule has 6 heteroatoms. The number of amides is 1. The fourth-order valence-corrected chi connectivity index (χ4v) is 3.06. The second-order valence-corrected chi connectivity index (χ2v) is 6.58. The van der Waals surface area contributed by atoms with E-state index in [9.17, 15) is 9.59 Å². The molecule has 0 atom stereocenters. The van der Waals surface area contributed by atoms with Crippen molar-refractivity contribution in [1.29, 1.82) is 0 Å². The van der Waals surface area contributed by atoms with Crippen molar-refractivity contribution in [3.05, 3.63) is 59.9 Å². The lowest BCUT2D eigenvalue weighted by molar-refractivity contribution is -0.137. The molecule has 1 saturated heterocycles. The molecule has 0 radical (unpaired) electrons. The smallest absolute Gasteiger partial charge is 0.330 e.